The minimum Gasteiger partial charge on any atom is -0.497 e. The standard InChI is InChI=1S/C13H15NO3/c1-13(6-4-11(16-2)5-7-13)8-10(9-14)12(15)17-3/h4-6,8H,7H2,1-3H3/b10-8+. The van der Waals surface area contributed by atoms with Crippen LogP contribution in [0.2, 0.25) is 0 Å². The second-order valence-corrected chi connectivity index (χ2v) is 4.02. The molecule has 0 saturated heterocycles. The van der Waals surface area contributed by atoms with Crippen molar-refractivity contribution in [2.24, 2.45) is 5.41 Å². The highest BCUT2D eigenvalue weighted by Crippen LogP contribution is 2.32. The van der Waals surface area contributed by atoms with Crippen LogP contribution in [0.1, 0.15) is 13.3 Å². The molecule has 4 heteroatoms. The van der Waals surface area contributed by atoms with Crippen LogP contribution < -0.4 is 0 Å². The summed E-state index contributed by atoms with van der Waals surface area (Å²) in [6.07, 6.45) is 7.95. The summed E-state index contributed by atoms with van der Waals surface area (Å²) in [5.74, 6) is 0.177. The normalized spacial score (nSPS) is 23.6. The van der Waals surface area contributed by atoms with Crippen molar-refractivity contribution in [3.05, 3.63) is 35.6 Å². The Bertz CT molecular complexity index is 440. The van der Waals surface area contributed by atoms with Crippen molar-refractivity contribution >= 4 is 5.97 Å². The lowest BCUT2D eigenvalue weighted by Gasteiger charge is -2.24. The third-order valence-corrected chi connectivity index (χ3v) is 2.61. The quantitative estimate of drug-likeness (QED) is 0.425. The first-order valence-corrected chi connectivity index (χ1v) is 5.19. The van der Waals surface area contributed by atoms with Gasteiger partial charge in [-0.1, -0.05) is 13.0 Å². The third-order valence-electron chi connectivity index (χ3n) is 2.61. The first kappa shape index (κ1) is 13.0. The van der Waals surface area contributed by atoms with Crippen LogP contribution in [-0.2, 0) is 14.3 Å². The van der Waals surface area contributed by atoms with Gasteiger partial charge in [0.25, 0.3) is 0 Å². The monoisotopic (exact) mass is 233 g/mol. The van der Waals surface area contributed by atoms with E-state index in [9.17, 15) is 4.79 Å². The minimum absolute atomic E-state index is 0.0221. The van der Waals surface area contributed by atoms with E-state index in [1.807, 2.05) is 31.2 Å². The number of esters is 1. The maximum absolute atomic E-state index is 11.3. The number of nitrogens with zero attached hydrogens (tertiary/aromatic N) is 1. The number of ether oxygens (including phenoxy) is 2. The molecule has 0 saturated carbocycles. The van der Waals surface area contributed by atoms with Crippen LogP contribution in [0.3, 0.4) is 0 Å². The summed E-state index contributed by atoms with van der Waals surface area (Å²) in [5, 5.41) is 8.89. The number of hydrogen-bond donors (Lipinski definition) is 0. The lowest BCUT2D eigenvalue weighted by atomic mass is 9.82. The average molecular weight is 233 g/mol. The highest BCUT2D eigenvalue weighted by Gasteiger charge is 2.23. The molecule has 0 spiro atoms. The second kappa shape index (κ2) is 5.35. The molecule has 1 aliphatic rings. The van der Waals surface area contributed by atoms with E-state index in [-0.39, 0.29) is 11.0 Å². The van der Waals surface area contributed by atoms with Crippen molar-refractivity contribution in [2.75, 3.05) is 14.2 Å². The number of carbonyl (C=O) groups is 1. The Morgan fingerprint density at radius 2 is 2.29 bits per heavy atom. The van der Waals surface area contributed by atoms with Gasteiger partial charge in [0, 0.05) is 5.41 Å². The molecule has 0 aromatic rings. The molecule has 17 heavy (non-hydrogen) atoms. The lowest BCUT2D eigenvalue weighted by Crippen LogP contribution is -2.15. The Hall–Kier alpha value is -2.02. The van der Waals surface area contributed by atoms with Gasteiger partial charge in [-0.3, -0.25) is 0 Å². The summed E-state index contributed by atoms with van der Waals surface area (Å²) in [7, 11) is 2.86. The number of rotatable bonds is 3. The second-order valence-electron chi connectivity index (χ2n) is 4.02. The maximum atomic E-state index is 11.3. The Morgan fingerprint density at radius 3 is 2.71 bits per heavy atom. The molecule has 0 bridgehead atoms. The van der Waals surface area contributed by atoms with Crippen LogP contribution >= 0.6 is 0 Å². The number of carbonyl (C=O) groups excluding carboxylic acids is 1. The molecule has 1 unspecified atom stereocenters. The predicted molar refractivity (Wildman–Crippen MR) is 62.7 cm³/mol. The number of methoxy groups -OCH3 is 2. The van der Waals surface area contributed by atoms with Crippen molar-refractivity contribution in [3.63, 3.8) is 0 Å². The molecule has 1 aliphatic carbocycles. The summed E-state index contributed by atoms with van der Waals surface area (Å²) in [6.45, 7) is 1.94. The van der Waals surface area contributed by atoms with Crippen LogP contribution in [0, 0.1) is 16.7 Å². The summed E-state index contributed by atoms with van der Waals surface area (Å²) >= 11 is 0. The Morgan fingerprint density at radius 1 is 1.59 bits per heavy atom. The van der Waals surface area contributed by atoms with Gasteiger partial charge in [-0.2, -0.15) is 5.26 Å². The van der Waals surface area contributed by atoms with Gasteiger partial charge in [0.2, 0.25) is 0 Å². The van der Waals surface area contributed by atoms with Gasteiger partial charge in [-0.05, 0) is 24.6 Å². The molecule has 0 fully saturated rings. The van der Waals surface area contributed by atoms with Crippen molar-refractivity contribution in [2.45, 2.75) is 13.3 Å². The fraction of sp³-hybridized carbons (Fsp3) is 0.385. The molecular formula is C13H15NO3. The van der Waals surface area contributed by atoms with Crippen LogP contribution in [0.5, 0.6) is 0 Å². The van der Waals surface area contributed by atoms with Gasteiger partial charge >= 0.3 is 5.97 Å². The highest BCUT2D eigenvalue weighted by molar-refractivity contribution is 5.92. The fourth-order valence-electron chi connectivity index (χ4n) is 1.56. The van der Waals surface area contributed by atoms with Gasteiger partial charge in [0.1, 0.15) is 17.4 Å². The highest BCUT2D eigenvalue weighted by atomic mass is 16.5. The molecule has 0 radical (unpaired) electrons. The van der Waals surface area contributed by atoms with Crippen LogP contribution in [0.4, 0.5) is 0 Å². The zero-order valence-electron chi connectivity index (χ0n) is 10.2. The van der Waals surface area contributed by atoms with E-state index < -0.39 is 5.97 Å². The van der Waals surface area contributed by atoms with Gasteiger partial charge in [-0.25, -0.2) is 4.79 Å². The lowest BCUT2D eigenvalue weighted by molar-refractivity contribution is -0.135. The van der Waals surface area contributed by atoms with Crippen molar-refractivity contribution < 1.29 is 14.3 Å². The Kier molecular flexibility index (Phi) is 4.11. The maximum Gasteiger partial charge on any atom is 0.348 e. The van der Waals surface area contributed by atoms with Crippen molar-refractivity contribution in [1.29, 1.82) is 5.26 Å². The molecule has 1 atom stereocenters. The average Bonchev–Trinajstić information content (AvgIpc) is 2.36. The van der Waals surface area contributed by atoms with E-state index in [0.29, 0.717) is 6.42 Å². The molecular weight excluding hydrogens is 218 g/mol. The van der Waals surface area contributed by atoms with E-state index in [1.54, 1.807) is 13.2 Å². The zero-order chi connectivity index (χ0) is 12.9. The molecule has 0 N–H and O–H groups in total. The Labute approximate surface area is 101 Å². The van der Waals surface area contributed by atoms with E-state index in [2.05, 4.69) is 4.74 Å². The smallest absolute Gasteiger partial charge is 0.348 e. The van der Waals surface area contributed by atoms with E-state index in [0.717, 1.165) is 5.76 Å². The van der Waals surface area contributed by atoms with Gasteiger partial charge in [-0.15, -0.1) is 0 Å². The largest absolute Gasteiger partial charge is 0.497 e. The molecule has 4 nitrogen and oxygen atoms in total. The molecule has 0 aliphatic heterocycles. The van der Waals surface area contributed by atoms with Gasteiger partial charge in [0.15, 0.2) is 0 Å². The topological polar surface area (TPSA) is 59.3 Å². The molecule has 0 amide bonds. The summed E-state index contributed by atoms with van der Waals surface area (Å²) in [5.41, 5.74) is -0.338. The number of hydrogen-bond acceptors (Lipinski definition) is 4. The van der Waals surface area contributed by atoms with Crippen LogP contribution in [0.25, 0.3) is 0 Å². The molecule has 1 rings (SSSR count). The summed E-state index contributed by atoms with van der Waals surface area (Å²) in [4.78, 5) is 11.3. The Balaban J connectivity index is 2.92. The summed E-state index contributed by atoms with van der Waals surface area (Å²) in [6, 6.07) is 1.85. The number of nitriles is 1. The molecule has 0 aromatic heterocycles. The van der Waals surface area contributed by atoms with E-state index in [1.165, 1.54) is 7.11 Å². The molecule has 0 aromatic carbocycles. The minimum atomic E-state index is -0.608. The van der Waals surface area contributed by atoms with E-state index >= 15 is 0 Å². The first-order chi connectivity index (χ1) is 8.04. The van der Waals surface area contributed by atoms with Crippen molar-refractivity contribution in [3.8, 4) is 6.07 Å². The van der Waals surface area contributed by atoms with Gasteiger partial charge < -0.3 is 9.47 Å². The SMILES string of the molecule is COC(=O)/C(C#N)=C/C1(C)C=CC(OC)=CC1. The number of allylic oxidation sites excluding steroid dienone is 4. The van der Waals surface area contributed by atoms with Crippen LogP contribution in [-0.4, -0.2) is 20.2 Å². The fourth-order valence-corrected chi connectivity index (χ4v) is 1.56. The summed E-state index contributed by atoms with van der Waals surface area (Å²) < 4.78 is 9.62. The predicted octanol–water partition coefficient (Wildman–Crippen LogP) is 2.11. The molecule has 0 heterocycles. The molecule has 90 valence electrons. The van der Waals surface area contributed by atoms with Crippen molar-refractivity contribution in [1.82, 2.24) is 0 Å². The third kappa shape index (κ3) is 3.22. The zero-order valence-corrected chi connectivity index (χ0v) is 10.2. The first-order valence-electron chi connectivity index (χ1n) is 5.19. The van der Waals surface area contributed by atoms with E-state index in [4.69, 9.17) is 10.00 Å². The van der Waals surface area contributed by atoms with Crippen LogP contribution in [0.15, 0.2) is 35.6 Å². The van der Waals surface area contributed by atoms with Gasteiger partial charge in [0.05, 0.1) is 14.2 Å².